The van der Waals surface area contributed by atoms with Gasteiger partial charge in [0.2, 0.25) is 0 Å². The van der Waals surface area contributed by atoms with Gasteiger partial charge in [0.1, 0.15) is 0 Å². The minimum absolute atomic E-state index is 0.00537. The second-order valence-corrected chi connectivity index (χ2v) is 5.23. The summed E-state index contributed by atoms with van der Waals surface area (Å²) in [4.78, 5) is 11.8. The summed E-state index contributed by atoms with van der Waals surface area (Å²) in [5, 5.41) is 0.584. The van der Waals surface area contributed by atoms with Crippen LogP contribution >= 0.6 is 0 Å². The lowest BCUT2D eigenvalue weighted by Gasteiger charge is -2.12. The van der Waals surface area contributed by atoms with Crippen LogP contribution in [0.25, 0.3) is 16.6 Å². The fourth-order valence-electron chi connectivity index (χ4n) is 2.62. The van der Waals surface area contributed by atoms with Crippen LogP contribution in [0.4, 0.5) is 18.9 Å². The number of nitrogen functional groups attached to an aromatic ring is 1. The van der Waals surface area contributed by atoms with Gasteiger partial charge in [-0.25, -0.2) is 4.79 Å². The molecule has 124 valence electrons. The van der Waals surface area contributed by atoms with Crippen molar-refractivity contribution in [2.75, 3.05) is 12.8 Å². The fraction of sp³-hybridized carbons (Fsp3) is 0.118. The summed E-state index contributed by atoms with van der Waals surface area (Å²) in [5.41, 5.74) is 5.98. The first-order valence-corrected chi connectivity index (χ1v) is 6.98. The minimum Gasteiger partial charge on any atom is -0.465 e. The van der Waals surface area contributed by atoms with E-state index in [2.05, 4.69) is 0 Å². The molecule has 1 aromatic heterocycles. The highest BCUT2D eigenvalue weighted by atomic mass is 19.4. The molecule has 0 unspecified atom stereocenters. The molecule has 3 rings (SSSR count). The molecule has 0 saturated carbocycles. The fourth-order valence-corrected chi connectivity index (χ4v) is 2.62. The Morgan fingerprint density at radius 1 is 1.17 bits per heavy atom. The molecule has 0 saturated heterocycles. The number of carbonyl (C=O) groups excluding carboxylic acids is 1. The van der Waals surface area contributed by atoms with Gasteiger partial charge < -0.3 is 15.0 Å². The van der Waals surface area contributed by atoms with Crippen molar-refractivity contribution >= 4 is 22.6 Å². The highest BCUT2D eigenvalue weighted by molar-refractivity contribution is 6.04. The molecule has 4 nitrogen and oxygen atoms in total. The summed E-state index contributed by atoms with van der Waals surface area (Å²) >= 11 is 0. The monoisotopic (exact) mass is 334 g/mol. The Morgan fingerprint density at radius 2 is 1.92 bits per heavy atom. The Kier molecular flexibility index (Phi) is 3.71. The Hall–Kier alpha value is -2.96. The summed E-state index contributed by atoms with van der Waals surface area (Å²) in [6.45, 7) is 0. The quantitative estimate of drug-likeness (QED) is 0.569. The van der Waals surface area contributed by atoms with Crippen molar-refractivity contribution in [1.29, 1.82) is 0 Å². The van der Waals surface area contributed by atoms with E-state index in [1.807, 2.05) is 0 Å². The molecule has 7 heteroatoms. The number of nitrogens with two attached hydrogens (primary N) is 1. The van der Waals surface area contributed by atoms with Crippen molar-refractivity contribution in [2.45, 2.75) is 6.18 Å². The first-order chi connectivity index (χ1) is 11.3. The second kappa shape index (κ2) is 5.59. The molecule has 2 aromatic carbocycles. The summed E-state index contributed by atoms with van der Waals surface area (Å²) in [7, 11) is 1.27. The van der Waals surface area contributed by atoms with Crippen LogP contribution in [0.1, 0.15) is 15.9 Å². The smallest absolute Gasteiger partial charge is 0.416 e. The number of hydrogen-bond donors (Lipinski definition) is 1. The molecule has 2 N–H and O–H groups in total. The number of hydrogen-bond acceptors (Lipinski definition) is 3. The number of anilines is 1. The van der Waals surface area contributed by atoms with Crippen LogP contribution in [0, 0.1) is 0 Å². The summed E-state index contributed by atoms with van der Waals surface area (Å²) in [6, 6.07) is 9.94. The molecule has 24 heavy (non-hydrogen) atoms. The van der Waals surface area contributed by atoms with Gasteiger partial charge in [-0.15, -0.1) is 0 Å². The average Bonchev–Trinajstić information content (AvgIpc) is 2.96. The van der Waals surface area contributed by atoms with Gasteiger partial charge in [0.05, 0.1) is 23.8 Å². The highest BCUT2D eigenvalue weighted by Gasteiger charge is 2.31. The SMILES string of the molecule is COC(=O)c1cccc2c1ccn2-c1cc(N)cc(C(F)(F)F)c1. The van der Waals surface area contributed by atoms with Gasteiger partial charge in [-0.3, -0.25) is 0 Å². The summed E-state index contributed by atoms with van der Waals surface area (Å²) in [5.74, 6) is -0.512. The zero-order valence-corrected chi connectivity index (χ0v) is 12.6. The van der Waals surface area contributed by atoms with Crippen molar-refractivity contribution in [3.05, 3.63) is 59.8 Å². The number of rotatable bonds is 2. The number of ether oxygens (including phenoxy) is 1. The van der Waals surface area contributed by atoms with Crippen LogP contribution in [0.2, 0.25) is 0 Å². The van der Waals surface area contributed by atoms with E-state index in [9.17, 15) is 18.0 Å². The molecule has 3 aromatic rings. The van der Waals surface area contributed by atoms with E-state index in [4.69, 9.17) is 10.5 Å². The Bertz CT molecular complexity index is 929. The van der Waals surface area contributed by atoms with Gasteiger partial charge in [0, 0.05) is 23.0 Å². The predicted octanol–water partition coefficient (Wildman–Crippen LogP) is 4.02. The number of methoxy groups -OCH3 is 1. The van der Waals surface area contributed by atoms with Crippen LogP contribution in [-0.4, -0.2) is 17.6 Å². The van der Waals surface area contributed by atoms with E-state index in [1.165, 1.54) is 13.2 Å². The zero-order valence-electron chi connectivity index (χ0n) is 12.6. The lowest BCUT2D eigenvalue weighted by molar-refractivity contribution is -0.137. The predicted molar refractivity (Wildman–Crippen MR) is 84.0 cm³/mol. The molecule has 0 aliphatic heterocycles. The first kappa shape index (κ1) is 15.9. The topological polar surface area (TPSA) is 57.2 Å². The average molecular weight is 334 g/mol. The van der Waals surface area contributed by atoms with E-state index in [0.29, 0.717) is 16.5 Å². The highest BCUT2D eigenvalue weighted by Crippen LogP contribution is 2.33. The van der Waals surface area contributed by atoms with Crippen molar-refractivity contribution in [1.82, 2.24) is 4.57 Å². The molecule has 0 spiro atoms. The van der Waals surface area contributed by atoms with E-state index in [-0.39, 0.29) is 11.4 Å². The number of halogens is 3. The van der Waals surface area contributed by atoms with E-state index in [1.54, 1.807) is 35.0 Å². The summed E-state index contributed by atoms with van der Waals surface area (Å²) < 4.78 is 45.3. The Morgan fingerprint density at radius 3 is 2.58 bits per heavy atom. The maximum absolute atomic E-state index is 13.0. The molecule has 0 fully saturated rings. The number of esters is 1. The Balaban J connectivity index is 2.21. The molecular formula is C17H13F3N2O2. The Labute approximate surface area is 135 Å². The van der Waals surface area contributed by atoms with Crippen LogP contribution in [0.3, 0.4) is 0 Å². The van der Waals surface area contributed by atoms with Crippen molar-refractivity contribution in [3.63, 3.8) is 0 Å². The minimum atomic E-state index is -4.50. The number of aromatic nitrogens is 1. The molecule has 0 aliphatic carbocycles. The van der Waals surface area contributed by atoms with Crippen LogP contribution in [0.5, 0.6) is 0 Å². The maximum atomic E-state index is 13.0. The molecule has 0 atom stereocenters. The van der Waals surface area contributed by atoms with E-state index < -0.39 is 17.7 Å². The summed E-state index contributed by atoms with van der Waals surface area (Å²) in [6.07, 6.45) is -2.91. The van der Waals surface area contributed by atoms with E-state index >= 15 is 0 Å². The van der Waals surface area contributed by atoms with Crippen molar-refractivity contribution < 1.29 is 22.7 Å². The van der Waals surface area contributed by atoms with Gasteiger partial charge in [-0.05, 0) is 36.4 Å². The lowest BCUT2D eigenvalue weighted by Crippen LogP contribution is -2.07. The van der Waals surface area contributed by atoms with Crippen molar-refractivity contribution in [3.8, 4) is 5.69 Å². The largest absolute Gasteiger partial charge is 0.465 e. The number of benzene rings is 2. The molecular weight excluding hydrogens is 321 g/mol. The molecule has 0 amide bonds. The molecule has 0 bridgehead atoms. The number of alkyl halides is 3. The van der Waals surface area contributed by atoms with Gasteiger partial charge in [-0.2, -0.15) is 13.2 Å². The van der Waals surface area contributed by atoms with Crippen molar-refractivity contribution in [2.24, 2.45) is 0 Å². The maximum Gasteiger partial charge on any atom is 0.416 e. The van der Waals surface area contributed by atoms with Gasteiger partial charge in [0.25, 0.3) is 0 Å². The van der Waals surface area contributed by atoms with Crippen LogP contribution < -0.4 is 5.73 Å². The van der Waals surface area contributed by atoms with Gasteiger partial charge in [0.15, 0.2) is 0 Å². The number of carbonyl (C=O) groups is 1. The number of nitrogens with zero attached hydrogens (tertiary/aromatic N) is 1. The van der Waals surface area contributed by atoms with Gasteiger partial charge in [-0.1, -0.05) is 6.07 Å². The van der Waals surface area contributed by atoms with E-state index in [0.717, 1.165) is 12.1 Å². The standard InChI is InChI=1S/C17H13F3N2O2/c1-24-16(23)14-3-2-4-15-13(14)5-6-22(15)12-8-10(17(18,19)20)7-11(21)9-12/h2-9H,21H2,1H3. The normalized spacial score (nSPS) is 11.7. The third-order valence-corrected chi connectivity index (χ3v) is 3.68. The van der Waals surface area contributed by atoms with Gasteiger partial charge >= 0.3 is 12.1 Å². The second-order valence-electron chi connectivity index (χ2n) is 5.23. The molecule has 0 aliphatic rings. The zero-order chi connectivity index (χ0) is 17.5. The van der Waals surface area contributed by atoms with Crippen LogP contribution in [0.15, 0.2) is 48.7 Å². The number of fused-ring (bicyclic) bond motifs is 1. The first-order valence-electron chi connectivity index (χ1n) is 6.98. The lowest BCUT2D eigenvalue weighted by atomic mass is 10.1. The molecule has 1 heterocycles. The molecule has 0 radical (unpaired) electrons. The third kappa shape index (κ3) is 2.68. The third-order valence-electron chi connectivity index (χ3n) is 3.68. The van der Waals surface area contributed by atoms with Crippen LogP contribution in [-0.2, 0) is 10.9 Å².